The van der Waals surface area contributed by atoms with E-state index in [1.54, 1.807) is 11.4 Å². The van der Waals surface area contributed by atoms with Crippen LogP contribution in [-0.4, -0.2) is 55.3 Å². The van der Waals surface area contributed by atoms with Gasteiger partial charge in [-0.1, -0.05) is 0 Å². The summed E-state index contributed by atoms with van der Waals surface area (Å²) in [5.41, 5.74) is 0.410. The largest absolute Gasteiger partial charge is 0.390 e. The predicted molar refractivity (Wildman–Crippen MR) is 104 cm³/mol. The second kappa shape index (κ2) is 6.91. The summed E-state index contributed by atoms with van der Waals surface area (Å²) in [5, 5.41) is 21.9. The van der Waals surface area contributed by atoms with E-state index in [0.29, 0.717) is 49.0 Å². The van der Waals surface area contributed by atoms with Crippen molar-refractivity contribution < 1.29 is 14.6 Å². The Balaban J connectivity index is 1.42. The molecule has 2 aromatic heterocycles. The predicted octanol–water partition coefficient (Wildman–Crippen LogP) is 0.377. The standard InChI is InChI=1S/C20H27N5O4/c1-20(28)8-14(9-20)21-18(26)10-24-19(27)16-7-15(13-2-3-13)22-25(16)17(23-24)6-12-4-5-29-11-12/h7,12-14,28H,2-6,8-11H2,1H3,(H,21,26). The Bertz CT molecular complexity index is 992. The van der Waals surface area contributed by atoms with E-state index in [1.165, 1.54) is 4.68 Å². The minimum atomic E-state index is -0.709. The molecule has 156 valence electrons. The molecule has 2 saturated carbocycles. The van der Waals surface area contributed by atoms with E-state index in [1.807, 2.05) is 6.07 Å². The highest BCUT2D eigenvalue weighted by Crippen LogP contribution is 2.39. The molecule has 9 nitrogen and oxygen atoms in total. The van der Waals surface area contributed by atoms with Crippen LogP contribution in [-0.2, 0) is 22.5 Å². The lowest BCUT2D eigenvalue weighted by molar-refractivity contribution is -0.125. The van der Waals surface area contributed by atoms with Gasteiger partial charge in [0.05, 0.1) is 11.3 Å². The number of nitrogens with zero attached hydrogens (tertiary/aromatic N) is 4. The monoisotopic (exact) mass is 401 g/mol. The van der Waals surface area contributed by atoms with Gasteiger partial charge in [-0.15, -0.1) is 0 Å². The Morgan fingerprint density at radius 1 is 1.34 bits per heavy atom. The molecule has 1 saturated heterocycles. The van der Waals surface area contributed by atoms with Gasteiger partial charge >= 0.3 is 0 Å². The van der Waals surface area contributed by atoms with Crippen molar-refractivity contribution in [2.75, 3.05) is 13.2 Å². The fourth-order valence-electron chi connectivity index (χ4n) is 4.44. The second-order valence-corrected chi connectivity index (χ2v) is 9.12. The van der Waals surface area contributed by atoms with Crippen LogP contribution < -0.4 is 10.9 Å². The molecule has 5 rings (SSSR count). The number of aromatic nitrogens is 4. The van der Waals surface area contributed by atoms with Crippen molar-refractivity contribution in [3.8, 4) is 0 Å². The average Bonchev–Trinajstić information content (AvgIpc) is 3.17. The van der Waals surface area contributed by atoms with Gasteiger partial charge in [-0.05, 0) is 51.0 Å². The summed E-state index contributed by atoms with van der Waals surface area (Å²) in [6.07, 6.45) is 4.88. The maximum atomic E-state index is 13.0. The SMILES string of the molecule is CC1(O)CC(NC(=O)Cn2nc(CC3CCOC3)n3nc(C4CC4)cc3c2=O)C1. The number of fused-ring (bicyclic) bond motifs is 1. The minimum absolute atomic E-state index is 0.0523. The van der Waals surface area contributed by atoms with E-state index < -0.39 is 5.60 Å². The maximum absolute atomic E-state index is 13.0. The summed E-state index contributed by atoms with van der Waals surface area (Å²) in [5.74, 6) is 1.21. The van der Waals surface area contributed by atoms with Gasteiger partial charge in [0.2, 0.25) is 5.91 Å². The Labute approximate surface area is 168 Å². The van der Waals surface area contributed by atoms with Crippen molar-refractivity contribution in [1.82, 2.24) is 24.7 Å². The van der Waals surface area contributed by atoms with Crippen molar-refractivity contribution in [3.63, 3.8) is 0 Å². The van der Waals surface area contributed by atoms with Gasteiger partial charge in [0, 0.05) is 31.6 Å². The van der Waals surface area contributed by atoms with Crippen molar-refractivity contribution in [1.29, 1.82) is 0 Å². The molecule has 1 aliphatic heterocycles. The lowest BCUT2D eigenvalue weighted by atomic mass is 9.77. The number of carbonyl (C=O) groups is 1. The van der Waals surface area contributed by atoms with Crippen LogP contribution in [0.25, 0.3) is 5.52 Å². The van der Waals surface area contributed by atoms with E-state index in [9.17, 15) is 14.7 Å². The second-order valence-electron chi connectivity index (χ2n) is 9.12. The minimum Gasteiger partial charge on any atom is -0.390 e. The van der Waals surface area contributed by atoms with Crippen LogP contribution in [0.15, 0.2) is 10.9 Å². The molecule has 1 atom stereocenters. The highest BCUT2D eigenvalue weighted by molar-refractivity contribution is 5.76. The quantitative estimate of drug-likeness (QED) is 0.724. The maximum Gasteiger partial charge on any atom is 0.293 e. The first-order valence-corrected chi connectivity index (χ1v) is 10.5. The molecular weight excluding hydrogens is 374 g/mol. The fourth-order valence-corrected chi connectivity index (χ4v) is 4.44. The van der Waals surface area contributed by atoms with Crippen molar-refractivity contribution in [2.24, 2.45) is 5.92 Å². The van der Waals surface area contributed by atoms with Crippen molar-refractivity contribution in [2.45, 2.75) is 69.6 Å². The third-order valence-corrected chi connectivity index (χ3v) is 6.18. The fraction of sp³-hybridized carbons (Fsp3) is 0.700. The molecule has 0 spiro atoms. The Morgan fingerprint density at radius 2 is 2.14 bits per heavy atom. The van der Waals surface area contributed by atoms with Gasteiger partial charge in [0.1, 0.15) is 12.1 Å². The molecule has 3 fully saturated rings. The number of amides is 1. The summed E-state index contributed by atoms with van der Waals surface area (Å²) in [4.78, 5) is 25.4. The van der Waals surface area contributed by atoms with E-state index in [2.05, 4.69) is 15.5 Å². The Kier molecular flexibility index (Phi) is 4.47. The molecule has 2 aromatic rings. The number of nitrogens with one attached hydrogen (secondary N) is 1. The zero-order valence-corrected chi connectivity index (χ0v) is 16.6. The number of aliphatic hydroxyl groups is 1. The average molecular weight is 401 g/mol. The number of carbonyl (C=O) groups excluding carboxylic acids is 1. The van der Waals surface area contributed by atoms with Gasteiger partial charge in [-0.2, -0.15) is 10.2 Å². The van der Waals surface area contributed by atoms with Crippen LogP contribution in [0.4, 0.5) is 0 Å². The highest BCUT2D eigenvalue weighted by atomic mass is 16.5. The third-order valence-electron chi connectivity index (χ3n) is 6.18. The number of hydrogen-bond donors (Lipinski definition) is 2. The Hall–Kier alpha value is -2.26. The van der Waals surface area contributed by atoms with Crippen LogP contribution in [0.1, 0.15) is 56.5 Å². The topological polar surface area (TPSA) is 111 Å². The van der Waals surface area contributed by atoms with E-state index in [4.69, 9.17) is 4.74 Å². The molecule has 1 unspecified atom stereocenters. The molecule has 0 aromatic carbocycles. The molecule has 2 aliphatic carbocycles. The first-order valence-electron chi connectivity index (χ1n) is 10.5. The van der Waals surface area contributed by atoms with Crippen LogP contribution in [0, 0.1) is 5.92 Å². The molecule has 0 radical (unpaired) electrons. The Morgan fingerprint density at radius 3 is 2.79 bits per heavy atom. The summed E-state index contributed by atoms with van der Waals surface area (Å²) in [7, 11) is 0. The van der Waals surface area contributed by atoms with Crippen LogP contribution >= 0.6 is 0 Å². The first kappa shape index (κ1) is 18.7. The first-order chi connectivity index (χ1) is 13.9. The van der Waals surface area contributed by atoms with Gasteiger partial charge in [-0.25, -0.2) is 9.20 Å². The van der Waals surface area contributed by atoms with E-state index in [0.717, 1.165) is 31.6 Å². The molecular formula is C20H27N5O4. The lowest BCUT2D eigenvalue weighted by Gasteiger charge is -2.41. The highest BCUT2D eigenvalue weighted by Gasteiger charge is 2.39. The molecule has 1 amide bonds. The molecule has 0 bridgehead atoms. The zero-order chi connectivity index (χ0) is 20.2. The summed E-state index contributed by atoms with van der Waals surface area (Å²) < 4.78 is 8.41. The summed E-state index contributed by atoms with van der Waals surface area (Å²) in [6.45, 7) is 3.05. The molecule has 3 aliphatic rings. The van der Waals surface area contributed by atoms with Crippen molar-refractivity contribution >= 4 is 11.4 Å². The van der Waals surface area contributed by atoms with Crippen LogP contribution in [0.2, 0.25) is 0 Å². The zero-order valence-electron chi connectivity index (χ0n) is 16.6. The van der Waals surface area contributed by atoms with Gasteiger partial charge in [0.15, 0.2) is 5.82 Å². The van der Waals surface area contributed by atoms with E-state index >= 15 is 0 Å². The molecule has 29 heavy (non-hydrogen) atoms. The summed E-state index contributed by atoms with van der Waals surface area (Å²) >= 11 is 0. The number of hydrogen-bond acceptors (Lipinski definition) is 6. The molecule has 9 heteroatoms. The van der Waals surface area contributed by atoms with Crippen molar-refractivity contribution in [3.05, 3.63) is 27.9 Å². The van der Waals surface area contributed by atoms with Gasteiger partial charge in [-0.3, -0.25) is 9.59 Å². The van der Waals surface area contributed by atoms with Crippen LogP contribution in [0.5, 0.6) is 0 Å². The lowest BCUT2D eigenvalue weighted by Crippen LogP contribution is -2.54. The number of rotatable bonds is 6. The smallest absolute Gasteiger partial charge is 0.293 e. The van der Waals surface area contributed by atoms with E-state index in [-0.39, 0.29) is 24.1 Å². The van der Waals surface area contributed by atoms with Gasteiger partial charge < -0.3 is 15.2 Å². The summed E-state index contributed by atoms with van der Waals surface area (Å²) in [6, 6.07) is 1.80. The molecule has 3 heterocycles. The van der Waals surface area contributed by atoms with Gasteiger partial charge in [0.25, 0.3) is 5.56 Å². The van der Waals surface area contributed by atoms with Crippen LogP contribution in [0.3, 0.4) is 0 Å². The third kappa shape index (κ3) is 3.81. The normalized spacial score (nSPS) is 29.2. The number of ether oxygens (including phenoxy) is 1. The molecule has 2 N–H and O–H groups in total.